The topological polar surface area (TPSA) is 63.6 Å². The maximum Gasteiger partial charge on any atom is 0.271 e. The van der Waals surface area contributed by atoms with E-state index >= 15 is 0 Å². The molecule has 0 bridgehead atoms. The summed E-state index contributed by atoms with van der Waals surface area (Å²) in [4.78, 5) is 29.5. The Hall–Kier alpha value is -3.35. The number of aromatic nitrogens is 1. The average Bonchev–Trinajstić information content (AvgIpc) is 3.21. The van der Waals surface area contributed by atoms with E-state index < -0.39 is 5.54 Å². The van der Waals surface area contributed by atoms with Gasteiger partial charge in [0.25, 0.3) is 5.91 Å². The van der Waals surface area contributed by atoms with E-state index in [1.807, 2.05) is 35.8 Å². The number of amides is 2. The summed E-state index contributed by atoms with van der Waals surface area (Å²) < 4.78 is 21.4. The molecule has 0 spiro atoms. The van der Waals surface area contributed by atoms with Crippen molar-refractivity contribution >= 4 is 22.7 Å². The quantitative estimate of drug-likeness (QED) is 0.518. The Morgan fingerprint density at radius 2 is 1.83 bits per heavy atom. The highest BCUT2D eigenvalue weighted by atomic mass is 19.1. The first-order valence-electron chi connectivity index (χ1n) is 12.9. The van der Waals surface area contributed by atoms with Gasteiger partial charge in [-0.05, 0) is 55.7 Å². The molecule has 2 amide bonds. The second-order valence-electron chi connectivity index (χ2n) is 10.4. The average molecular weight is 492 g/mol. The number of hydrogen-bond acceptors (Lipinski definition) is 3. The Labute approximate surface area is 211 Å². The Morgan fingerprint density at radius 3 is 2.56 bits per heavy atom. The predicted octanol–water partition coefficient (Wildman–Crippen LogP) is 5.43. The van der Waals surface area contributed by atoms with Gasteiger partial charge in [0, 0.05) is 24.0 Å². The summed E-state index contributed by atoms with van der Waals surface area (Å²) in [5.41, 5.74) is 0.881. The van der Waals surface area contributed by atoms with Crippen LogP contribution >= 0.6 is 0 Å². The highest BCUT2D eigenvalue weighted by Crippen LogP contribution is 2.35. The van der Waals surface area contributed by atoms with E-state index in [2.05, 4.69) is 5.32 Å². The second kappa shape index (κ2) is 9.96. The summed E-state index contributed by atoms with van der Waals surface area (Å²) in [7, 11) is 1.61. The molecule has 0 radical (unpaired) electrons. The molecule has 190 valence electrons. The first kappa shape index (κ1) is 24.3. The first-order chi connectivity index (χ1) is 17.4. The highest BCUT2D eigenvalue weighted by molar-refractivity contribution is 6.03. The fourth-order valence-electron chi connectivity index (χ4n) is 5.66. The van der Waals surface area contributed by atoms with Gasteiger partial charge >= 0.3 is 0 Å². The van der Waals surface area contributed by atoms with Crippen LogP contribution in [0.5, 0.6) is 5.75 Å². The van der Waals surface area contributed by atoms with Gasteiger partial charge in [-0.2, -0.15) is 0 Å². The lowest BCUT2D eigenvalue weighted by Gasteiger charge is -2.44. The minimum absolute atomic E-state index is 0.101. The number of nitrogens with one attached hydrogen (secondary N) is 1. The third-order valence-corrected chi connectivity index (χ3v) is 7.80. The van der Waals surface area contributed by atoms with Crippen molar-refractivity contribution < 1.29 is 18.7 Å². The van der Waals surface area contributed by atoms with Crippen LogP contribution in [-0.4, -0.2) is 40.0 Å². The Balaban J connectivity index is 1.54. The number of fused-ring (bicyclic) bond motifs is 3. The van der Waals surface area contributed by atoms with E-state index in [1.54, 1.807) is 24.1 Å². The molecule has 2 heterocycles. The number of nitrogens with zero attached hydrogens (tertiary/aromatic N) is 2. The Kier molecular flexibility index (Phi) is 6.73. The Bertz CT molecular complexity index is 1280. The molecule has 1 aromatic heterocycles. The van der Waals surface area contributed by atoms with Crippen LogP contribution in [-0.2, 0) is 17.9 Å². The minimum atomic E-state index is -1.15. The Morgan fingerprint density at radius 1 is 1.08 bits per heavy atom. The van der Waals surface area contributed by atoms with Crippen LogP contribution in [0, 0.1) is 5.82 Å². The summed E-state index contributed by atoms with van der Waals surface area (Å²) in [6, 6.07) is 13.9. The molecule has 1 fully saturated rings. The lowest BCUT2D eigenvalue weighted by molar-refractivity contribution is -0.134. The number of benzene rings is 2. The van der Waals surface area contributed by atoms with Crippen molar-refractivity contribution in [3.05, 3.63) is 65.6 Å². The predicted molar refractivity (Wildman–Crippen MR) is 137 cm³/mol. The molecule has 1 atom stereocenters. The molecule has 1 aliphatic heterocycles. The fourth-order valence-corrected chi connectivity index (χ4v) is 5.66. The second-order valence-corrected chi connectivity index (χ2v) is 10.4. The van der Waals surface area contributed by atoms with Crippen molar-refractivity contribution in [1.82, 2.24) is 14.8 Å². The van der Waals surface area contributed by atoms with Gasteiger partial charge in [0.1, 0.15) is 22.8 Å². The third-order valence-electron chi connectivity index (χ3n) is 7.80. The normalized spacial score (nSPS) is 21.1. The largest absolute Gasteiger partial charge is 0.497 e. The number of hydrogen-bond donors (Lipinski definition) is 1. The maximum atomic E-state index is 14.0. The van der Waals surface area contributed by atoms with Crippen molar-refractivity contribution in [1.29, 1.82) is 0 Å². The van der Waals surface area contributed by atoms with Crippen LogP contribution in [0.3, 0.4) is 0 Å². The zero-order chi connectivity index (χ0) is 25.3. The SMILES string of the molecule is COc1ccc2cc3n(c2c1)C[C@@](C)(C(=O)NC1CCCCCCC1)N(Cc1cccc(F)c1)C3=O. The molecule has 3 aromatic rings. The zero-order valence-corrected chi connectivity index (χ0v) is 21.1. The summed E-state index contributed by atoms with van der Waals surface area (Å²) >= 11 is 0. The van der Waals surface area contributed by atoms with Crippen molar-refractivity contribution in [2.45, 2.75) is 76.5 Å². The van der Waals surface area contributed by atoms with E-state index in [1.165, 1.54) is 31.4 Å². The number of halogens is 1. The molecular formula is C29H34FN3O3. The summed E-state index contributed by atoms with van der Waals surface area (Å²) in [6.07, 6.45) is 7.73. The van der Waals surface area contributed by atoms with Crippen LogP contribution in [0.15, 0.2) is 48.5 Å². The van der Waals surface area contributed by atoms with E-state index in [0.717, 1.165) is 36.6 Å². The number of methoxy groups -OCH3 is 1. The van der Waals surface area contributed by atoms with Gasteiger partial charge < -0.3 is 19.5 Å². The lowest BCUT2D eigenvalue weighted by atomic mass is 9.91. The zero-order valence-electron chi connectivity index (χ0n) is 21.1. The van der Waals surface area contributed by atoms with Crippen molar-refractivity contribution in [3.8, 4) is 5.75 Å². The minimum Gasteiger partial charge on any atom is -0.497 e. The summed E-state index contributed by atoms with van der Waals surface area (Å²) in [5.74, 6) is -0.0678. The van der Waals surface area contributed by atoms with Gasteiger partial charge in [0.05, 0.1) is 19.2 Å². The molecule has 7 heteroatoms. The fraction of sp³-hybridized carbons (Fsp3) is 0.448. The van der Waals surface area contributed by atoms with Crippen molar-refractivity contribution in [2.75, 3.05) is 7.11 Å². The van der Waals surface area contributed by atoms with Gasteiger partial charge in [-0.3, -0.25) is 9.59 Å². The number of carbonyl (C=O) groups is 2. The smallest absolute Gasteiger partial charge is 0.271 e. The van der Waals surface area contributed by atoms with E-state index in [9.17, 15) is 14.0 Å². The summed E-state index contributed by atoms with van der Waals surface area (Å²) in [5, 5.41) is 4.20. The monoisotopic (exact) mass is 491 g/mol. The van der Waals surface area contributed by atoms with E-state index in [-0.39, 0.29) is 30.2 Å². The molecule has 1 aliphatic carbocycles. The molecule has 36 heavy (non-hydrogen) atoms. The van der Waals surface area contributed by atoms with Gasteiger partial charge in [0.15, 0.2) is 0 Å². The van der Waals surface area contributed by atoms with Crippen LogP contribution < -0.4 is 10.1 Å². The standard InChI is InChI=1S/C29H34FN3O3/c1-29(28(35)31-23-11-6-4-3-5-7-12-23)19-32-25-17-24(36-2)14-13-21(25)16-26(32)27(34)33(29)18-20-9-8-10-22(30)15-20/h8-10,13-17,23H,3-7,11-12,18-19H2,1-2H3,(H,31,35)/t29-/m0/s1. The van der Waals surface area contributed by atoms with Crippen LogP contribution in [0.25, 0.3) is 10.9 Å². The number of rotatable bonds is 5. The third kappa shape index (κ3) is 4.59. The maximum absolute atomic E-state index is 14.0. The molecule has 2 aliphatic rings. The van der Waals surface area contributed by atoms with Crippen molar-refractivity contribution in [2.24, 2.45) is 0 Å². The van der Waals surface area contributed by atoms with Crippen LogP contribution in [0.1, 0.15) is 67.9 Å². The molecule has 1 N–H and O–H groups in total. The van der Waals surface area contributed by atoms with Crippen LogP contribution in [0.4, 0.5) is 4.39 Å². The lowest BCUT2D eigenvalue weighted by Crippen LogP contribution is -2.64. The summed E-state index contributed by atoms with van der Waals surface area (Å²) in [6.45, 7) is 2.28. The molecule has 0 unspecified atom stereocenters. The first-order valence-corrected chi connectivity index (χ1v) is 12.9. The molecule has 5 rings (SSSR count). The van der Waals surface area contributed by atoms with Crippen LogP contribution in [0.2, 0.25) is 0 Å². The molecular weight excluding hydrogens is 457 g/mol. The van der Waals surface area contributed by atoms with Gasteiger partial charge in [-0.1, -0.05) is 44.2 Å². The molecule has 2 aromatic carbocycles. The molecule has 1 saturated carbocycles. The number of carbonyl (C=O) groups excluding carboxylic acids is 2. The molecule has 6 nitrogen and oxygen atoms in total. The number of ether oxygens (including phenoxy) is 1. The van der Waals surface area contributed by atoms with Gasteiger partial charge in [-0.25, -0.2) is 4.39 Å². The van der Waals surface area contributed by atoms with Gasteiger partial charge in [0.2, 0.25) is 5.91 Å². The molecule has 0 saturated heterocycles. The highest BCUT2D eigenvalue weighted by Gasteiger charge is 2.48. The van der Waals surface area contributed by atoms with Crippen molar-refractivity contribution in [3.63, 3.8) is 0 Å². The van der Waals surface area contributed by atoms with E-state index in [0.29, 0.717) is 23.6 Å². The van der Waals surface area contributed by atoms with E-state index in [4.69, 9.17) is 4.74 Å². The van der Waals surface area contributed by atoms with Gasteiger partial charge in [-0.15, -0.1) is 0 Å².